The van der Waals surface area contributed by atoms with Crippen LogP contribution in [0, 0.1) is 0 Å². The maximum absolute atomic E-state index is 5.46. The molecule has 0 atom stereocenters. The second-order valence-electron chi connectivity index (χ2n) is 8.37. The molecular weight excluding hydrogens is 406 g/mol. The fourth-order valence-electron chi connectivity index (χ4n) is 4.70. The van der Waals surface area contributed by atoms with Gasteiger partial charge in [-0.1, -0.05) is 6.07 Å². The number of fused-ring (bicyclic) bond motifs is 2. The van der Waals surface area contributed by atoms with E-state index in [9.17, 15) is 0 Å². The predicted molar refractivity (Wildman–Crippen MR) is 121 cm³/mol. The number of hydrogen-bond acceptors (Lipinski definition) is 8. The van der Waals surface area contributed by atoms with E-state index in [1.807, 2.05) is 23.0 Å². The normalized spacial score (nSPS) is 21.5. The molecule has 1 aromatic carbocycles. The summed E-state index contributed by atoms with van der Waals surface area (Å²) in [5.41, 5.74) is 3.90. The van der Waals surface area contributed by atoms with Gasteiger partial charge >= 0.3 is 0 Å². The smallest absolute Gasteiger partial charge is 0.241 e. The molecule has 6 rings (SSSR count). The summed E-state index contributed by atoms with van der Waals surface area (Å²) in [6.45, 7) is 3.78. The van der Waals surface area contributed by atoms with Crippen LogP contribution in [0.15, 0.2) is 43.0 Å². The maximum atomic E-state index is 5.46. The fraction of sp³-hybridized carbons (Fsp3) is 0.391. The number of morpholine rings is 1. The van der Waals surface area contributed by atoms with Crippen LogP contribution >= 0.6 is 0 Å². The summed E-state index contributed by atoms with van der Waals surface area (Å²) in [6, 6.07) is 9.21. The van der Waals surface area contributed by atoms with Crippen LogP contribution in [0.4, 0.5) is 5.95 Å². The van der Waals surface area contributed by atoms with Gasteiger partial charge < -0.3 is 14.8 Å². The van der Waals surface area contributed by atoms with E-state index in [4.69, 9.17) is 9.47 Å². The summed E-state index contributed by atoms with van der Waals surface area (Å²) in [4.78, 5) is 15.7. The van der Waals surface area contributed by atoms with E-state index in [1.54, 1.807) is 7.11 Å². The predicted octanol–water partition coefficient (Wildman–Crippen LogP) is 2.62. The number of ether oxygens (including phenoxy) is 2. The lowest BCUT2D eigenvalue weighted by Gasteiger charge is -2.44. The molecular formula is C23H25N7O2. The van der Waals surface area contributed by atoms with Crippen molar-refractivity contribution in [3.8, 4) is 17.0 Å². The van der Waals surface area contributed by atoms with Crippen LogP contribution in [-0.2, 0) is 4.74 Å². The van der Waals surface area contributed by atoms with E-state index in [1.165, 1.54) is 6.33 Å². The molecule has 32 heavy (non-hydrogen) atoms. The van der Waals surface area contributed by atoms with E-state index < -0.39 is 0 Å². The number of methoxy groups -OCH3 is 1. The van der Waals surface area contributed by atoms with Gasteiger partial charge in [-0.05, 0) is 36.6 Å². The Hall–Kier alpha value is -3.30. The highest BCUT2D eigenvalue weighted by molar-refractivity contribution is 5.91. The molecule has 164 valence electrons. The van der Waals surface area contributed by atoms with Gasteiger partial charge in [-0.25, -0.2) is 19.5 Å². The van der Waals surface area contributed by atoms with Crippen LogP contribution in [0.1, 0.15) is 12.8 Å². The SMILES string of the molecule is COc1ncnc2ccc(-c3ccn4nc(NC5CC(N6CCOCC6)C5)ncc34)cc12. The first-order valence-electron chi connectivity index (χ1n) is 11.0. The first-order chi connectivity index (χ1) is 15.8. The van der Waals surface area contributed by atoms with Crippen molar-refractivity contribution in [3.63, 3.8) is 0 Å². The van der Waals surface area contributed by atoms with Crippen LogP contribution in [0.3, 0.4) is 0 Å². The first kappa shape index (κ1) is 19.4. The monoisotopic (exact) mass is 431 g/mol. The molecule has 1 saturated carbocycles. The molecule has 0 unspecified atom stereocenters. The molecule has 9 nitrogen and oxygen atoms in total. The second kappa shape index (κ2) is 7.99. The topological polar surface area (TPSA) is 89.7 Å². The van der Waals surface area contributed by atoms with Crippen molar-refractivity contribution in [1.29, 1.82) is 0 Å². The van der Waals surface area contributed by atoms with Gasteiger partial charge in [0.1, 0.15) is 6.33 Å². The highest BCUT2D eigenvalue weighted by Gasteiger charge is 2.34. The fourth-order valence-corrected chi connectivity index (χ4v) is 4.70. The lowest BCUT2D eigenvalue weighted by Crippen LogP contribution is -2.53. The third-order valence-corrected chi connectivity index (χ3v) is 6.53. The molecule has 1 aliphatic heterocycles. The van der Waals surface area contributed by atoms with Gasteiger partial charge in [-0.2, -0.15) is 0 Å². The quantitative estimate of drug-likeness (QED) is 0.516. The third kappa shape index (κ3) is 3.43. The molecule has 2 fully saturated rings. The van der Waals surface area contributed by atoms with E-state index in [0.29, 0.717) is 23.9 Å². The number of nitrogens with zero attached hydrogens (tertiary/aromatic N) is 6. The molecule has 1 aliphatic carbocycles. The Labute approximate surface area is 185 Å². The molecule has 1 N–H and O–H groups in total. The van der Waals surface area contributed by atoms with Gasteiger partial charge in [0.25, 0.3) is 0 Å². The highest BCUT2D eigenvalue weighted by atomic mass is 16.5. The Morgan fingerprint density at radius 3 is 2.81 bits per heavy atom. The molecule has 0 spiro atoms. The summed E-state index contributed by atoms with van der Waals surface area (Å²) in [5, 5.41) is 9.06. The summed E-state index contributed by atoms with van der Waals surface area (Å²) in [6.07, 6.45) is 7.62. The standard InChI is InChI=1S/C23H25N7O2/c1-31-22-19-10-15(2-3-20(19)25-14-26-22)18-4-5-30-21(18)13-24-23(28-30)27-16-11-17(12-16)29-6-8-32-9-7-29/h2-5,10,13-14,16-17H,6-9,11-12H2,1H3,(H,27,28). The van der Waals surface area contributed by atoms with Gasteiger partial charge in [0.05, 0.1) is 42.9 Å². The van der Waals surface area contributed by atoms with Crippen molar-refractivity contribution in [2.24, 2.45) is 0 Å². The zero-order valence-electron chi connectivity index (χ0n) is 17.9. The highest BCUT2D eigenvalue weighted by Crippen LogP contribution is 2.31. The van der Waals surface area contributed by atoms with Crippen LogP contribution in [0.5, 0.6) is 5.88 Å². The minimum Gasteiger partial charge on any atom is -0.480 e. The summed E-state index contributed by atoms with van der Waals surface area (Å²) in [5.74, 6) is 1.23. The van der Waals surface area contributed by atoms with Crippen LogP contribution in [0.2, 0.25) is 0 Å². The van der Waals surface area contributed by atoms with Crippen molar-refractivity contribution in [1.82, 2.24) is 29.5 Å². The maximum Gasteiger partial charge on any atom is 0.241 e. The van der Waals surface area contributed by atoms with E-state index in [2.05, 4.69) is 48.5 Å². The Morgan fingerprint density at radius 2 is 1.97 bits per heavy atom. The molecule has 0 bridgehead atoms. The Bertz CT molecular complexity index is 1260. The van der Waals surface area contributed by atoms with Crippen molar-refractivity contribution in [2.45, 2.75) is 24.9 Å². The van der Waals surface area contributed by atoms with Gasteiger partial charge in [0, 0.05) is 36.9 Å². The Morgan fingerprint density at radius 1 is 1.09 bits per heavy atom. The van der Waals surface area contributed by atoms with Crippen molar-refractivity contribution >= 4 is 22.4 Å². The molecule has 4 heterocycles. The van der Waals surface area contributed by atoms with Gasteiger partial charge in [-0.15, -0.1) is 5.10 Å². The number of hydrogen-bond donors (Lipinski definition) is 1. The zero-order chi connectivity index (χ0) is 21.5. The molecule has 2 aliphatic rings. The average Bonchev–Trinajstić information content (AvgIpc) is 3.24. The lowest BCUT2D eigenvalue weighted by atomic mass is 9.85. The Balaban J connectivity index is 1.20. The number of benzene rings is 1. The van der Waals surface area contributed by atoms with Crippen molar-refractivity contribution in [2.75, 3.05) is 38.7 Å². The molecule has 0 radical (unpaired) electrons. The van der Waals surface area contributed by atoms with E-state index in [0.717, 1.165) is 66.7 Å². The minimum atomic E-state index is 0.420. The van der Waals surface area contributed by atoms with Crippen molar-refractivity contribution in [3.05, 3.63) is 43.0 Å². The summed E-state index contributed by atoms with van der Waals surface area (Å²) in [7, 11) is 1.62. The molecule has 4 aromatic rings. The molecule has 3 aromatic heterocycles. The van der Waals surface area contributed by atoms with Crippen molar-refractivity contribution < 1.29 is 9.47 Å². The Kier molecular flexibility index (Phi) is 4.84. The van der Waals surface area contributed by atoms with Crippen LogP contribution < -0.4 is 10.1 Å². The summed E-state index contributed by atoms with van der Waals surface area (Å²) < 4.78 is 12.7. The number of nitrogens with one attached hydrogen (secondary N) is 1. The van der Waals surface area contributed by atoms with Gasteiger partial charge in [-0.3, -0.25) is 4.90 Å². The number of aromatic nitrogens is 5. The van der Waals surface area contributed by atoms with E-state index >= 15 is 0 Å². The first-order valence-corrected chi connectivity index (χ1v) is 11.0. The molecule has 9 heteroatoms. The van der Waals surface area contributed by atoms with Crippen LogP contribution in [0.25, 0.3) is 27.5 Å². The largest absolute Gasteiger partial charge is 0.480 e. The molecule has 0 amide bonds. The zero-order valence-corrected chi connectivity index (χ0v) is 17.9. The minimum absolute atomic E-state index is 0.420. The van der Waals surface area contributed by atoms with E-state index in [-0.39, 0.29) is 0 Å². The second-order valence-corrected chi connectivity index (χ2v) is 8.37. The lowest BCUT2D eigenvalue weighted by molar-refractivity contribution is -0.00443. The van der Waals surface area contributed by atoms with Crippen LogP contribution in [-0.4, -0.2) is 75.0 Å². The average molecular weight is 432 g/mol. The van der Waals surface area contributed by atoms with Gasteiger partial charge in [0.15, 0.2) is 0 Å². The van der Waals surface area contributed by atoms with Gasteiger partial charge in [0.2, 0.25) is 11.8 Å². The summed E-state index contributed by atoms with van der Waals surface area (Å²) >= 11 is 0. The third-order valence-electron chi connectivity index (χ3n) is 6.53. The molecule has 1 saturated heterocycles. The number of anilines is 1. The number of rotatable bonds is 5.